The maximum absolute atomic E-state index is 13.0. The second-order valence-electron chi connectivity index (χ2n) is 8.23. The van der Waals surface area contributed by atoms with Crippen molar-refractivity contribution in [3.63, 3.8) is 0 Å². The van der Waals surface area contributed by atoms with Gasteiger partial charge in [0.25, 0.3) is 11.8 Å². The Bertz CT molecular complexity index is 1220. The highest BCUT2D eigenvalue weighted by Crippen LogP contribution is 2.27. The molecule has 1 aliphatic rings. The highest BCUT2D eigenvalue weighted by atomic mass is 35.5. The standard InChI is InChI=1S/C27H28ClN3O5/c1-34-22-14-19(15-23(17-22)35-2)27(33)31-12-10-30(11-13-31)21-7-5-20(6-8-21)29-26(32)18-4-9-25(36-3)24(28)16-18/h4-9,14-17H,10-13H2,1-3H3,(H,29,32). The second-order valence-corrected chi connectivity index (χ2v) is 8.64. The molecule has 1 aliphatic heterocycles. The van der Waals surface area contributed by atoms with Gasteiger partial charge in [0, 0.05) is 54.7 Å². The first-order valence-electron chi connectivity index (χ1n) is 11.4. The van der Waals surface area contributed by atoms with Crippen LogP contribution in [0.25, 0.3) is 0 Å². The summed E-state index contributed by atoms with van der Waals surface area (Å²) in [6.07, 6.45) is 0. The number of anilines is 2. The first-order chi connectivity index (χ1) is 17.4. The van der Waals surface area contributed by atoms with Gasteiger partial charge in [-0.2, -0.15) is 0 Å². The van der Waals surface area contributed by atoms with E-state index in [1.165, 1.54) is 7.11 Å². The van der Waals surface area contributed by atoms with Crippen molar-refractivity contribution in [1.82, 2.24) is 4.90 Å². The summed E-state index contributed by atoms with van der Waals surface area (Å²) in [5, 5.41) is 3.26. The van der Waals surface area contributed by atoms with Crippen LogP contribution in [0.15, 0.2) is 60.7 Å². The number of ether oxygens (including phenoxy) is 3. The summed E-state index contributed by atoms with van der Waals surface area (Å²) < 4.78 is 15.7. The molecule has 9 heteroatoms. The third-order valence-electron chi connectivity index (χ3n) is 6.07. The molecule has 1 saturated heterocycles. The van der Waals surface area contributed by atoms with Crippen LogP contribution in [0.3, 0.4) is 0 Å². The molecule has 0 saturated carbocycles. The van der Waals surface area contributed by atoms with Crippen LogP contribution >= 0.6 is 11.6 Å². The molecule has 1 N–H and O–H groups in total. The van der Waals surface area contributed by atoms with Gasteiger partial charge in [-0.1, -0.05) is 11.6 Å². The van der Waals surface area contributed by atoms with E-state index >= 15 is 0 Å². The number of benzene rings is 3. The molecule has 0 unspecified atom stereocenters. The zero-order valence-electron chi connectivity index (χ0n) is 20.4. The minimum Gasteiger partial charge on any atom is -0.497 e. The number of rotatable bonds is 7. The lowest BCUT2D eigenvalue weighted by Crippen LogP contribution is -2.48. The maximum atomic E-state index is 13.0. The van der Waals surface area contributed by atoms with Gasteiger partial charge in [0.05, 0.1) is 26.4 Å². The average Bonchev–Trinajstić information content (AvgIpc) is 2.92. The van der Waals surface area contributed by atoms with Crippen molar-refractivity contribution >= 4 is 34.8 Å². The van der Waals surface area contributed by atoms with Crippen LogP contribution in [0, 0.1) is 0 Å². The van der Waals surface area contributed by atoms with Gasteiger partial charge in [-0.3, -0.25) is 9.59 Å². The Balaban J connectivity index is 1.35. The number of methoxy groups -OCH3 is 3. The van der Waals surface area contributed by atoms with E-state index in [-0.39, 0.29) is 11.8 Å². The Kier molecular flexibility index (Phi) is 7.85. The number of hydrogen-bond acceptors (Lipinski definition) is 6. The van der Waals surface area contributed by atoms with E-state index in [0.29, 0.717) is 65.3 Å². The van der Waals surface area contributed by atoms with Gasteiger partial charge in [0.15, 0.2) is 0 Å². The smallest absolute Gasteiger partial charge is 0.255 e. The molecular weight excluding hydrogens is 482 g/mol. The average molecular weight is 510 g/mol. The third-order valence-corrected chi connectivity index (χ3v) is 6.36. The normalized spacial score (nSPS) is 13.2. The number of halogens is 1. The van der Waals surface area contributed by atoms with Crippen LogP contribution < -0.4 is 24.4 Å². The number of carbonyl (C=O) groups excluding carboxylic acids is 2. The van der Waals surface area contributed by atoms with E-state index in [9.17, 15) is 9.59 Å². The lowest BCUT2D eigenvalue weighted by molar-refractivity contribution is 0.0746. The van der Waals surface area contributed by atoms with Gasteiger partial charge in [-0.05, 0) is 54.6 Å². The molecule has 1 heterocycles. The predicted molar refractivity (Wildman–Crippen MR) is 140 cm³/mol. The van der Waals surface area contributed by atoms with Crippen molar-refractivity contribution in [2.75, 3.05) is 57.7 Å². The molecule has 3 aromatic rings. The minimum absolute atomic E-state index is 0.0523. The molecule has 2 amide bonds. The number of carbonyl (C=O) groups is 2. The fourth-order valence-corrected chi connectivity index (χ4v) is 4.31. The summed E-state index contributed by atoms with van der Waals surface area (Å²) in [6.45, 7) is 2.58. The Hall–Kier alpha value is -3.91. The van der Waals surface area contributed by atoms with Crippen molar-refractivity contribution in [3.05, 3.63) is 76.8 Å². The summed E-state index contributed by atoms with van der Waals surface area (Å²) in [5.74, 6) is 1.37. The highest BCUT2D eigenvalue weighted by Gasteiger charge is 2.23. The lowest BCUT2D eigenvalue weighted by atomic mass is 10.1. The van der Waals surface area contributed by atoms with Crippen molar-refractivity contribution in [2.45, 2.75) is 0 Å². The Morgan fingerprint density at radius 2 is 1.42 bits per heavy atom. The fraction of sp³-hybridized carbons (Fsp3) is 0.259. The SMILES string of the molecule is COc1cc(OC)cc(C(=O)N2CCN(c3ccc(NC(=O)c4ccc(OC)c(Cl)c4)cc3)CC2)c1. The van der Waals surface area contributed by atoms with E-state index < -0.39 is 0 Å². The second kappa shape index (κ2) is 11.2. The van der Waals surface area contributed by atoms with Gasteiger partial charge in [0.2, 0.25) is 0 Å². The summed E-state index contributed by atoms with van der Waals surface area (Å²) >= 11 is 6.13. The monoisotopic (exact) mass is 509 g/mol. The maximum Gasteiger partial charge on any atom is 0.255 e. The molecule has 188 valence electrons. The van der Waals surface area contributed by atoms with Gasteiger partial charge in [-0.25, -0.2) is 0 Å². The van der Waals surface area contributed by atoms with Crippen molar-refractivity contribution in [2.24, 2.45) is 0 Å². The molecule has 8 nitrogen and oxygen atoms in total. The molecule has 0 aromatic heterocycles. The van der Waals surface area contributed by atoms with Crippen LogP contribution in [-0.4, -0.2) is 64.2 Å². The largest absolute Gasteiger partial charge is 0.497 e. The molecule has 0 spiro atoms. The summed E-state index contributed by atoms with van der Waals surface area (Å²) in [6, 6.07) is 17.7. The van der Waals surface area contributed by atoms with Crippen LogP contribution in [0.4, 0.5) is 11.4 Å². The Morgan fingerprint density at radius 3 is 1.97 bits per heavy atom. The van der Waals surface area contributed by atoms with E-state index in [1.807, 2.05) is 29.2 Å². The molecule has 0 radical (unpaired) electrons. The summed E-state index contributed by atoms with van der Waals surface area (Å²) in [4.78, 5) is 29.7. The van der Waals surface area contributed by atoms with Crippen molar-refractivity contribution in [1.29, 1.82) is 0 Å². The van der Waals surface area contributed by atoms with Gasteiger partial charge in [0.1, 0.15) is 17.2 Å². The van der Waals surface area contributed by atoms with Crippen LogP contribution in [-0.2, 0) is 0 Å². The van der Waals surface area contributed by atoms with E-state index in [1.54, 1.807) is 50.6 Å². The Morgan fingerprint density at radius 1 is 0.778 bits per heavy atom. The predicted octanol–water partition coefficient (Wildman–Crippen LogP) is 4.58. The zero-order valence-corrected chi connectivity index (χ0v) is 21.2. The quantitative estimate of drug-likeness (QED) is 0.502. The molecule has 36 heavy (non-hydrogen) atoms. The zero-order chi connectivity index (χ0) is 25.7. The van der Waals surface area contributed by atoms with Gasteiger partial charge in [-0.15, -0.1) is 0 Å². The minimum atomic E-state index is -0.256. The van der Waals surface area contributed by atoms with E-state index in [2.05, 4.69) is 10.2 Å². The molecule has 4 rings (SSSR count). The van der Waals surface area contributed by atoms with Crippen LogP contribution in [0.5, 0.6) is 17.2 Å². The first kappa shape index (κ1) is 25.2. The summed E-state index contributed by atoms with van der Waals surface area (Å²) in [7, 11) is 4.65. The number of amides is 2. The van der Waals surface area contributed by atoms with E-state index in [0.717, 1.165) is 5.69 Å². The molecule has 1 fully saturated rings. The number of hydrogen-bond donors (Lipinski definition) is 1. The topological polar surface area (TPSA) is 80.3 Å². The number of nitrogens with zero attached hydrogens (tertiary/aromatic N) is 2. The number of nitrogens with one attached hydrogen (secondary N) is 1. The number of piperazine rings is 1. The van der Waals surface area contributed by atoms with E-state index in [4.69, 9.17) is 25.8 Å². The van der Waals surface area contributed by atoms with Crippen LogP contribution in [0.1, 0.15) is 20.7 Å². The fourth-order valence-electron chi connectivity index (χ4n) is 4.05. The molecule has 0 aliphatic carbocycles. The lowest BCUT2D eigenvalue weighted by Gasteiger charge is -2.36. The van der Waals surface area contributed by atoms with Gasteiger partial charge < -0.3 is 29.3 Å². The molecule has 0 atom stereocenters. The molecule has 0 bridgehead atoms. The summed E-state index contributed by atoms with van der Waals surface area (Å²) in [5.41, 5.74) is 2.68. The Labute approximate surface area is 215 Å². The van der Waals surface area contributed by atoms with Gasteiger partial charge >= 0.3 is 0 Å². The molecule has 3 aromatic carbocycles. The van der Waals surface area contributed by atoms with Crippen molar-refractivity contribution < 1.29 is 23.8 Å². The third kappa shape index (κ3) is 5.66. The highest BCUT2D eigenvalue weighted by molar-refractivity contribution is 6.32. The molecular formula is C27H28ClN3O5. The van der Waals surface area contributed by atoms with Crippen LogP contribution in [0.2, 0.25) is 5.02 Å². The first-order valence-corrected chi connectivity index (χ1v) is 11.8. The van der Waals surface area contributed by atoms with Crippen molar-refractivity contribution in [3.8, 4) is 17.2 Å².